The molecule has 0 spiro atoms. The van der Waals surface area contributed by atoms with Crippen molar-refractivity contribution >= 4 is 0 Å². The average molecular weight is 198 g/mol. The molecule has 14 heavy (non-hydrogen) atoms. The molecule has 1 fully saturated rings. The Morgan fingerprint density at radius 1 is 1.29 bits per heavy atom. The molecule has 3 atom stereocenters. The molecule has 1 saturated heterocycles. The summed E-state index contributed by atoms with van der Waals surface area (Å²) in [5, 5.41) is 0. The molecular formula is C12H26N2. The summed E-state index contributed by atoms with van der Waals surface area (Å²) in [6.07, 6.45) is 5.21. The molecule has 2 N–H and O–H groups in total. The van der Waals surface area contributed by atoms with Crippen LogP contribution < -0.4 is 5.73 Å². The van der Waals surface area contributed by atoms with E-state index in [1.54, 1.807) is 0 Å². The molecule has 0 aliphatic carbocycles. The zero-order valence-electron chi connectivity index (χ0n) is 10.00. The Balaban J connectivity index is 2.31. The Hall–Kier alpha value is -0.0800. The Morgan fingerprint density at radius 3 is 2.64 bits per heavy atom. The third kappa shape index (κ3) is 2.96. The predicted molar refractivity (Wildman–Crippen MR) is 62.3 cm³/mol. The Morgan fingerprint density at radius 2 is 2.00 bits per heavy atom. The van der Waals surface area contributed by atoms with Gasteiger partial charge in [0.1, 0.15) is 0 Å². The van der Waals surface area contributed by atoms with Gasteiger partial charge in [0.25, 0.3) is 0 Å². The van der Waals surface area contributed by atoms with Gasteiger partial charge in [-0.2, -0.15) is 0 Å². The zero-order valence-corrected chi connectivity index (χ0v) is 10.00. The van der Waals surface area contributed by atoms with E-state index in [9.17, 15) is 0 Å². The van der Waals surface area contributed by atoms with E-state index in [-0.39, 0.29) is 0 Å². The fourth-order valence-electron chi connectivity index (χ4n) is 2.35. The first kappa shape index (κ1) is 12.0. The van der Waals surface area contributed by atoms with Crippen LogP contribution >= 0.6 is 0 Å². The maximum Gasteiger partial charge on any atom is 0.0107 e. The van der Waals surface area contributed by atoms with Crippen LogP contribution in [0.25, 0.3) is 0 Å². The molecule has 0 saturated carbocycles. The van der Waals surface area contributed by atoms with Crippen LogP contribution in [0.4, 0.5) is 0 Å². The lowest BCUT2D eigenvalue weighted by Gasteiger charge is -2.41. The number of nitrogens with zero attached hydrogens (tertiary/aromatic N) is 1. The van der Waals surface area contributed by atoms with Crippen molar-refractivity contribution in [3.05, 3.63) is 0 Å². The minimum atomic E-state index is 0.424. The molecule has 0 aromatic rings. The maximum absolute atomic E-state index is 6.06. The fraction of sp³-hybridized carbons (Fsp3) is 1.00. The van der Waals surface area contributed by atoms with E-state index in [4.69, 9.17) is 5.73 Å². The van der Waals surface area contributed by atoms with Crippen LogP contribution in [0.15, 0.2) is 0 Å². The maximum atomic E-state index is 6.06. The van der Waals surface area contributed by atoms with E-state index in [0.717, 1.165) is 0 Å². The molecule has 0 radical (unpaired) electrons. The number of unbranched alkanes of at least 4 members (excludes halogenated alkanes) is 2. The molecule has 0 aromatic heterocycles. The van der Waals surface area contributed by atoms with E-state index in [0.29, 0.717) is 18.0 Å². The van der Waals surface area contributed by atoms with Gasteiger partial charge >= 0.3 is 0 Å². The summed E-state index contributed by atoms with van der Waals surface area (Å²) in [7, 11) is 0. The summed E-state index contributed by atoms with van der Waals surface area (Å²) >= 11 is 0. The second-order valence-corrected chi connectivity index (χ2v) is 4.80. The van der Waals surface area contributed by atoms with Gasteiger partial charge in [-0.1, -0.05) is 26.7 Å². The highest BCUT2D eigenvalue weighted by molar-refractivity contribution is 4.86. The lowest BCUT2D eigenvalue weighted by atomic mass is 9.87. The summed E-state index contributed by atoms with van der Waals surface area (Å²) in [5.41, 5.74) is 6.06. The van der Waals surface area contributed by atoms with Gasteiger partial charge in [-0.25, -0.2) is 0 Å². The monoisotopic (exact) mass is 198 g/mol. The number of hydrogen-bond acceptors (Lipinski definition) is 2. The van der Waals surface area contributed by atoms with Gasteiger partial charge in [0.2, 0.25) is 0 Å². The van der Waals surface area contributed by atoms with Crippen LogP contribution in [0.1, 0.15) is 46.5 Å². The summed E-state index contributed by atoms with van der Waals surface area (Å²) in [6.45, 7) is 9.36. The average Bonchev–Trinajstić information content (AvgIpc) is 2.18. The molecule has 84 valence electrons. The summed E-state index contributed by atoms with van der Waals surface area (Å²) in [4.78, 5) is 2.61. The zero-order chi connectivity index (χ0) is 10.6. The van der Waals surface area contributed by atoms with E-state index in [2.05, 4.69) is 25.7 Å². The van der Waals surface area contributed by atoms with Crippen LogP contribution in [0.3, 0.4) is 0 Å². The Labute approximate surface area is 88.8 Å². The van der Waals surface area contributed by atoms with Crippen molar-refractivity contribution in [2.75, 3.05) is 13.1 Å². The van der Waals surface area contributed by atoms with Gasteiger partial charge in [-0.15, -0.1) is 0 Å². The highest BCUT2D eigenvalue weighted by atomic mass is 15.2. The van der Waals surface area contributed by atoms with Crippen LogP contribution in [0, 0.1) is 5.92 Å². The van der Waals surface area contributed by atoms with E-state index in [1.807, 2.05) is 0 Å². The van der Waals surface area contributed by atoms with Crippen molar-refractivity contribution < 1.29 is 0 Å². The van der Waals surface area contributed by atoms with Gasteiger partial charge < -0.3 is 10.6 Å². The smallest absolute Gasteiger partial charge is 0.0107 e. The molecule has 1 rings (SSSR count). The second kappa shape index (κ2) is 5.72. The van der Waals surface area contributed by atoms with E-state index < -0.39 is 0 Å². The fourth-order valence-corrected chi connectivity index (χ4v) is 2.35. The number of nitrogens with two attached hydrogens (primary N) is 1. The first-order valence-electron chi connectivity index (χ1n) is 6.16. The standard InChI is InChI=1S/C12H26N2/c1-4-5-6-8-14-9-7-12(13)10(2)11(14)3/h10-12H,4-9,13H2,1-3H3. The van der Waals surface area contributed by atoms with Crippen molar-refractivity contribution in [2.45, 2.75) is 58.5 Å². The second-order valence-electron chi connectivity index (χ2n) is 4.80. The molecular weight excluding hydrogens is 172 g/mol. The summed E-state index contributed by atoms with van der Waals surface area (Å²) < 4.78 is 0. The van der Waals surface area contributed by atoms with Crippen molar-refractivity contribution in [1.29, 1.82) is 0 Å². The van der Waals surface area contributed by atoms with E-state index >= 15 is 0 Å². The summed E-state index contributed by atoms with van der Waals surface area (Å²) in [5.74, 6) is 0.658. The SMILES string of the molecule is CCCCCN1CCC(N)C(C)C1C. The predicted octanol–water partition coefficient (Wildman–Crippen LogP) is 2.23. The molecule has 0 bridgehead atoms. The molecule has 1 aliphatic heterocycles. The largest absolute Gasteiger partial charge is 0.327 e. The van der Waals surface area contributed by atoms with Crippen LogP contribution in [-0.2, 0) is 0 Å². The minimum absolute atomic E-state index is 0.424. The molecule has 0 amide bonds. The molecule has 2 nitrogen and oxygen atoms in total. The van der Waals surface area contributed by atoms with Gasteiger partial charge in [0.05, 0.1) is 0 Å². The number of rotatable bonds is 4. The topological polar surface area (TPSA) is 29.3 Å². The molecule has 3 unspecified atom stereocenters. The van der Waals surface area contributed by atoms with E-state index in [1.165, 1.54) is 38.8 Å². The van der Waals surface area contributed by atoms with Crippen molar-refractivity contribution in [3.63, 3.8) is 0 Å². The first-order chi connectivity index (χ1) is 6.66. The van der Waals surface area contributed by atoms with Crippen LogP contribution in [0.2, 0.25) is 0 Å². The van der Waals surface area contributed by atoms with Crippen molar-refractivity contribution in [2.24, 2.45) is 11.7 Å². The minimum Gasteiger partial charge on any atom is -0.327 e. The Bertz CT molecular complexity index is 158. The van der Waals surface area contributed by atoms with Gasteiger partial charge in [0, 0.05) is 12.1 Å². The highest BCUT2D eigenvalue weighted by Crippen LogP contribution is 2.22. The normalized spacial score (nSPS) is 34.7. The molecule has 1 heterocycles. The number of likely N-dealkylation sites (tertiary alicyclic amines) is 1. The van der Waals surface area contributed by atoms with Crippen molar-refractivity contribution in [3.8, 4) is 0 Å². The molecule has 2 heteroatoms. The number of hydrogen-bond donors (Lipinski definition) is 1. The summed E-state index contributed by atoms with van der Waals surface area (Å²) in [6, 6.07) is 1.10. The van der Waals surface area contributed by atoms with Crippen LogP contribution in [-0.4, -0.2) is 30.1 Å². The van der Waals surface area contributed by atoms with Gasteiger partial charge in [-0.3, -0.25) is 0 Å². The van der Waals surface area contributed by atoms with Gasteiger partial charge in [0.15, 0.2) is 0 Å². The third-order valence-electron chi connectivity index (χ3n) is 3.81. The van der Waals surface area contributed by atoms with Crippen LogP contribution in [0.5, 0.6) is 0 Å². The molecule has 0 aromatic carbocycles. The Kier molecular flexibility index (Phi) is 4.90. The van der Waals surface area contributed by atoms with Crippen molar-refractivity contribution in [1.82, 2.24) is 4.90 Å². The highest BCUT2D eigenvalue weighted by Gasteiger charge is 2.29. The number of piperidine rings is 1. The lowest BCUT2D eigenvalue weighted by Crippen LogP contribution is -2.51. The third-order valence-corrected chi connectivity index (χ3v) is 3.81. The van der Waals surface area contributed by atoms with Gasteiger partial charge in [-0.05, 0) is 38.8 Å². The molecule has 1 aliphatic rings. The quantitative estimate of drug-likeness (QED) is 0.702. The lowest BCUT2D eigenvalue weighted by molar-refractivity contribution is 0.0962. The first-order valence-corrected chi connectivity index (χ1v) is 6.16.